The van der Waals surface area contributed by atoms with Gasteiger partial charge >= 0.3 is 6.09 Å². The number of unbranched alkanes of at least 4 members (excludes halogenated alkanes) is 1. The number of benzene rings is 1. The number of imide groups is 1. The van der Waals surface area contributed by atoms with Crippen molar-refractivity contribution in [3.63, 3.8) is 0 Å². The van der Waals surface area contributed by atoms with Gasteiger partial charge in [0.2, 0.25) is 11.8 Å². The van der Waals surface area contributed by atoms with Gasteiger partial charge in [-0.15, -0.1) is 0 Å². The molecule has 0 spiro atoms. The molecule has 0 radical (unpaired) electrons. The molecular weight excluding hydrogens is 486 g/mol. The van der Waals surface area contributed by atoms with Crippen LogP contribution < -0.4 is 5.32 Å². The van der Waals surface area contributed by atoms with Crippen molar-refractivity contribution in [2.75, 3.05) is 26.3 Å². The molecule has 4 amide bonds. The van der Waals surface area contributed by atoms with Gasteiger partial charge in [0.15, 0.2) is 0 Å². The highest BCUT2D eigenvalue weighted by molar-refractivity contribution is 6.05. The number of ether oxygens (including phenoxy) is 2. The Bertz CT molecular complexity index is 1100. The first kappa shape index (κ1) is 29.2. The van der Waals surface area contributed by atoms with E-state index in [0.29, 0.717) is 44.5 Å². The predicted octanol–water partition coefficient (Wildman–Crippen LogP) is 3.63. The summed E-state index contributed by atoms with van der Waals surface area (Å²) in [5.74, 6) is 5.31. The van der Waals surface area contributed by atoms with Crippen molar-refractivity contribution >= 4 is 23.8 Å². The molecule has 1 aromatic rings. The Hall–Kier alpha value is -3.38. The van der Waals surface area contributed by atoms with Gasteiger partial charge in [0.1, 0.15) is 11.6 Å². The minimum atomic E-state index is -0.665. The van der Waals surface area contributed by atoms with Crippen molar-refractivity contribution < 1.29 is 28.7 Å². The summed E-state index contributed by atoms with van der Waals surface area (Å²) < 4.78 is 11.2. The lowest BCUT2D eigenvalue weighted by atomic mass is 10.0. The summed E-state index contributed by atoms with van der Waals surface area (Å²) in [6.45, 7) is 10.1. The topological polar surface area (TPSA) is 105 Å². The van der Waals surface area contributed by atoms with E-state index >= 15 is 0 Å². The minimum absolute atomic E-state index is 0.211. The van der Waals surface area contributed by atoms with Crippen LogP contribution in [0.2, 0.25) is 0 Å². The summed E-state index contributed by atoms with van der Waals surface area (Å²) in [5.41, 5.74) is 1.44. The first-order chi connectivity index (χ1) is 18.1. The van der Waals surface area contributed by atoms with Crippen LogP contribution in [0.3, 0.4) is 0 Å². The van der Waals surface area contributed by atoms with E-state index in [2.05, 4.69) is 24.1 Å². The van der Waals surface area contributed by atoms with Gasteiger partial charge in [0.05, 0.1) is 0 Å². The van der Waals surface area contributed by atoms with E-state index in [0.717, 1.165) is 30.6 Å². The zero-order valence-corrected chi connectivity index (χ0v) is 22.9. The Labute approximate surface area is 225 Å². The number of carbonyl (C=O) groups excluding carboxylic acids is 4. The number of hydrogen-bond donors (Lipinski definition) is 1. The van der Waals surface area contributed by atoms with Crippen LogP contribution in [-0.2, 0) is 25.6 Å². The molecule has 1 N–H and O–H groups in total. The predicted molar refractivity (Wildman–Crippen MR) is 142 cm³/mol. The zero-order chi connectivity index (χ0) is 27.7. The lowest BCUT2D eigenvalue weighted by molar-refractivity contribution is -0.136. The average Bonchev–Trinajstić information content (AvgIpc) is 3.18. The van der Waals surface area contributed by atoms with E-state index in [1.807, 2.05) is 26.8 Å². The second-order valence-electron chi connectivity index (χ2n) is 10.6. The maximum absolute atomic E-state index is 13.0. The van der Waals surface area contributed by atoms with E-state index < -0.39 is 17.6 Å². The summed E-state index contributed by atoms with van der Waals surface area (Å²) in [7, 11) is 0. The lowest BCUT2D eigenvalue weighted by Gasteiger charge is -2.29. The number of nitrogens with one attached hydrogen (secondary N) is 1. The fraction of sp³-hybridized carbons (Fsp3) is 0.586. The lowest BCUT2D eigenvalue weighted by Crippen LogP contribution is -2.52. The number of nitrogens with zero attached hydrogens (tertiary/aromatic N) is 2. The van der Waals surface area contributed by atoms with Gasteiger partial charge in [-0.3, -0.25) is 19.7 Å². The van der Waals surface area contributed by atoms with E-state index in [-0.39, 0.29) is 30.9 Å². The van der Waals surface area contributed by atoms with Crippen LogP contribution in [0.15, 0.2) is 18.2 Å². The quantitative estimate of drug-likeness (QED) is 0.284. The van der Waals surface area contributed by atoms with E-state index in [9.17, 15) is 19.2 Å². The second kappa shape index (κ2) is 13.4. The smallest absolute Gasteiger partial charge is 0.410 e. The molecule has 3 rings (SSSR count). The van der Waals surface area contributed by atoms with Crippen molar-refractivity contribution in [1.82, 2.24) is 15.1 Å². The molecule has 9 nitrogen and oxygen atoms in total. The molecule has 206 valence electrons. The number of rotatable bonds is 10. The van der Waals surface area contributed by atoms with Gasteiger partial charge in [-0.25, -0.2) is 4.79 Å². The van der Waals surface area contributed by atoms with Crippen LogP contribution in [0.5, 0.6) is 0 Å². The molecule has 0 saturated carbocycles. The Balaban J connectivity index is 1.63. The third kappa shape index (κ3) is 8.06. The molecule has 38 heavy (non-hydrogen) atoms. The van der Waals surface area contributed by atoms with Crippen LogP contribution in [-0.4, -0.2) is 71.6 Å². The SMILES string of the molecule is CCCCOCCCN(CCC#Cc1cccc2c1CN(C1CCC(=O)NC1=O)C2=O)C(=O)OC(C)(C)C. The minimum Gasteiger partial charge on any atom is -0.444 e. The highest BCUT2D eigenvalue weighted by atomic mass is 16.6. The van der Waals surface area contributed by atoms with Crippen molar-refractivity contribution in [3.8, 4) is 11.8 Å². The summed E-state index contributed by atoms with van der Waals surface area (Å²) in [6.07, 6.45) is 3.39. The first-order valence-electron chi connectivity index (χ1n) is 13.4. The molecule has 2 aliphatic heterocycles. The molecule has 2 heterocycles. The first-order valence-corrected chi connectivity index (χ1v) is 13.4. The average molecular weight is 526 g/mol. The van der Waals surface area contributed by atoms with Crippen molar-refractivity contribution in [1.29, 1.82) is 0 Å². The number of fused-ring (bicyclic) bond motifs is 1. The molecule has 1 aromatic carbocycles. The zero-order valence-electron chi connectivity index (χ0n) is 22.9. The number of piperidine rings is 1. The highest BCUT2D eigenvalue weighted by Gasteiger charge is 2.39. The third-order valence-electron chi connectivity index (χ3n) is 6.32. The molecule has 1 saturated heterocycles. The van der Waals surface area contributed by atoms with Gasteiger partial charge in [-0.1, -0.05) is 31.3 Å². The molecule has 1 fully saturated rings. The van der Waals surface area contributed by atoms with Crippen molar-refractivity contribution in [2.45, 2.75) is 84.4 Å². The Morgan fingerprint density at radius 1 is 1.16 bits per heavy atom. The summed E-state index contributed by atoms with van der Waals surface area (Å²) in [4.78, 5) is 52.8. The van der Waals surface area contributed by atoms with E-state index in [1.54, 1.807) is 17.0 Å². The molecule has 2 aliphatic rings. The standard InChI is InChI=1S/C29H39N3O6/c1-5-6-18-37-19-10-17-31(28(36)38-29(2,3)4)16-8-7-11-21-12-9-13-22-23(21)20-32(27(22)35)24-14-15-25(33)30-26(24)34/h9,12-13,24H,5-6,8,10,14-20H2,1-4H3,(H,30,33,34). The van der Waals surface area contributed by atoms with Crippen LogP contribution in [0.25, 0.3) is 0 Å². The summed E-state index contributed by atoms with van der Waals surface area (Å²) in [6, 6.07) is 4.70. The normalized spacial score (nSPS) is 17.0. The molecule has 0 aliphatic carbocycles. The Kier molecular flexibility index (Phi) is 10.3. The van der Waals surface area contributed by atoms with Crippen molar-refractivity contribution in [2.24, 2.45) is 0 Å². The molecule has 1 unspecified atom stereocenters. The molecule has 0 bridgehead atoms. The van der Waals surface area contributed by atoms with Gasteiger partial charge in [-0.05, 0) is 57.7 Å². The van der Waals surface area contributed by atoms with Crippen LogP contribution in [0.1, 0.15) is 87.7 Å². The fourth-order valence-corrected chi connectivity index (χ4v) is 4.38. The number of hydrogen-bond acceptors (Lipinski definition) is 6. The van der Waals surface area contributed by atoms with Gasteiger partial charge < -0.3 is 19.3 Å². The summed E-state index contributed by atoms with van der Waals surface area (Å²) >= 11 is 0. The molecule has 0 aromatic heterocycles. The maximum Gasteiger partial charge on any atom is 0.410 e. The molecule has 9 heteroatoms. The Morgan fingerprint density at radius 2 is 1.92 bits per heavy atom. The van der Waals surface area contributed by atoms with E-state index in [1.165, 1.54) is 4.90 Å². The number of amides is 4. The summed E-state index contributed by atoms with van der Waals surface area (Å²) in [5, 5.41) is 2.32. The molecule has 1 atom stereocenters. The van der Waals surface area contributed by atoms with Gasteiger partial charge in [-0.2, -0.15) is 0 Å². The largest absolute Gasteiger partial charge is 0.444 e. The Morgan fingerprint density at radius 3 is 2.63 bits per heavy atom. The maximum atomic E-state index is 13.0. The third-order valence-corrected chi connectivity index (χ3v) is 6.32. The monoisotopic (exact) mass is 525 g/mol. The van der Waals surface area contributed by atoms with Crippen LogP contribution in [0.4, 0.5) is 4.79 Å². The van der Waals surface area contributed by atoms with E-state index in [4.69, 9.17) is 9.47 Å². The highest BCUT2D eigenvalue weighted by Crippen LogP contribution is 2.29. The molecular formula is C29H39N3O6. The van der Waals surface area contributed by atoms with Gasteiger partial charge in [0.25, 0.3) is 5.91 Å². The number of carbonyl (C=O) groups is 4. The van der Waals surface area contributed by atoms with Crippen LogP contribution in [0, 0.1) is 11.8 Å². The second-order valence-corrected chi connectivity index (χ2v) is 10.6. The van der Waals surface area contributed by atoms with Crippen molar-refractivity contribution in [3.05, 3.63) is 34.9 Å². The fourth-order valence-electron chi connectivity index (χ4n) is 4.38. The van der Waals surface area contributed by atoms with Gasteiger partial charge in [0, 0.05) is 56.8 Å². The van der Waals surface area contributed by atoms with Crippen LogP contribution >= 0.6 is 0 Å².